The summed E-state index contributed by atoms with van der Waals surface area (Å²) in [5.74, 6) is 0.397. The van der Waals surface area contributed by atoms with Crippen LogP contribution in [0, 0.1) is 5.82 Å². The molecule has 0 aliphatic carbocycles. The molecule has 1 aliphatic heterocycles. The summed E-state index contributed by atoms with van der Waals surface area (Å²) in [4.78, 5) is 18.6. The Morgan fingerprint density at radius 2 is 1.88 bits per heavy atom. The second-order valence-corrected chi connectivity index (χ2v) is 8.20. The van der Waals surface area contributed by atoms with Gasteiger partial charge in [-0.2, -0.15) is 0 Å². The fraction of sp³-hybridized carbons (Fsp3) is 0.160. The summed E-state index contributed by atoms with van der Waals surface area (Å²) in [5, 5.41) is 4.65. The molecule has 2 amide bonds. The number of rotatable bonds is 3. The number of carbonyl (C=O) groups excluding carboxylic acids is 1. The molecule has 2 N–H and O–H groups in total. The molecule has 0 spiro atoms. The zero-order chi connectivity index (χ0) is 22.2. The first-order valence-electron chi connectivity index (χ1n) is 10.3. The summed E-state index contributed by atoms with van der Waals surface area (Å²) in [7, 11) is 1.62. The minimum absolute atomic E-state index is 0.250. The monoisotopic (exact) mass is 449 g/mol. The first-order valence-corrected chi connectivity index (χ1v) is 10.7. The first-order chi connectivity index (χ1) is 15.5. The molecule has 2 heterocycles. The van der Waals surface area contributed by atoms with Crippen molar-refractivity contribution in [1.29, 1.82) is 0 Å². The van der Waals surface area contributed by atoms with Crippen LogP contribution in [0.4, 0.5) is 14.9 Å². The van der Waals surface area contributed by atoms with E-state index < -0.39 is 0 Å². The Morgan fingerprint density at radius 1 is 1.12 bits per heavy atom. The molecule has 3 aromatic carbocycles. The maximum Gasteiger partial charge on any atom is 0.322 e. The van der Waals surface area contributed by atoms with Crippen molar-refractivity contribution in [3.63, 3.8) is 0 Å². The van der Waals surface area contributed by atoms with Gasteiger partial charge in [-0.05, 0) is 72.1 Å². The van der Waals surface area contributed by atoms with Crippen LogP contribution in [0.15, 0.2) is 66.7 Å². The maximum absolute atomic E-state index is 13.3. The second-order valence-electron chi connectivity index (χ2n) is 7.76. The molecule has 0 saturated carbocycles. The number of aromatic nitrogens is 1. The minimum Gasteiger partial charge on any atom is -0.497 e. The zero-order valence-corrected chi connectivity index (χ0v) is 18.1. The number of urea groups is 1. The van der Waals surface area contributed by atoms with Crippen LogP contribution in [-0.4, -0.2) is 29.6 Å². The third-order valence-electron chi connectivity index (χ3n) is 5.88. The van der Waals surface area contributed by atoms with Gasteiger partial charge in [-0.25, -0.2) is 9.18 Å². The Hall–Kier alpha value is -3.51. The lowest BCUT2D eigenvalue weighted by Gasteiger charge is -2.36. The largest absolute Gasteiger partial charge is 0.497 e. The zero-order valence-electron chi connectivity index (χ0n) is 17.4. The maximum atomic E-state index is 13.3. The molecule has 162 valence electrons. The van der Waals surface area contributed by atoms with Crippen molar-refractivity contribution in [2.75, 3.05) is 19.0 Å². The SMILES string of the molecule is COc1ccc([C@H]2c3[nH]c4ccc(Cl)cc4c3CCN2C(=O)Nc2ccc(F)cc2)cc1. The van der Waals surface area contributed by atoms with Crippen LogP contribution in [0.1, 0.15) is 22.9 Å². The van der Waals surface area contributed by atoms with Crippen LogP contribution in [0.5, 0.6) is 5.75 Å². The highest BCUT2D eigenvalue weighted by Crippen LogP contribution is 2.39. The highest BCUT2D eigenvalue weighted by molar-refractivity contribution is 6.31. The van der Waals surface area contributed by atoms with Gasteiger partial charge in [0.05, 0.1) is 13.2 Å². The van der Waals surface area contributed by atoms with Crippen LogP contribution >= 0.6 is 11.6 Å². The van der Waals surface area contributed by atoms with Crippen molar-refractivity contribution < 1.29 is 13.9 Å². The smallest absolute Gasteiger partial charge is 0.322 e. The van der Waals surface area contributed by atoms with Crippen LogP contribution < -0.4 is 10.1 Å². The quantitative estimate of drug-likeness (QED) is 0.394. The Labute approximate surface area is 189 Å². The van der Waals surface area contributed by atoms with E-state index in [0.29, 0.717) is 23.7 Å². The van der Waals surface area contributed by atoms with E-state index in [2.05, 4.69) is 10.3 Å². The number of fused-ring (bicyclic) bond motifs is 3. The predicted molar refractivity (Wildman–Crippen MR) is 124 cm³/mol. The van der Waals surface area contributed by atoms with E-state index in [1.807, 2.05) is 42.5 Å². The van der Waals surface area contributed by atoms with E-state index in [0.717, 1.165) is 33.5 Å². The van der Waals surface area contributed by atoms with Gasteiger partial charge in [0.15, 0.2) is 0 Å². The molecule has 7 heteroatoms. The van der Waals surface area contributed by atoms with E-state index in [4.69, 9.17) is 16.3 Å². The number of carbonyl (C=O) groups is 1. The van der Waals surface area contributed by atoms with Crippen LogP contribution in [0.3, 0.4) is 0 Å². The van der Waals surface area contributed by atoms with Gasteiger partial charge in [0.25, 0.3) is 0 Å². The van der Waals surface area contributed by atoms with Crippen molar-refractivity contribution in [2.45, 2.75) is 12.5 Å². The number of hydrogen-bond donors (Lipinski definition) is 2. The van der Waals surface area contributed by atoms with Crippen molar-refractivity contribution >= 4 is 34.2 Å². The third-order valence-corrected chi connectivity index (χ3v) is 6.11. The summed E-state index contributed by atoms with van der Waals surface area (Å²) in [6.45, 7) is 0.524. The normalized spacial score (nSPS) is 15.5. The summed E-state index contributed by atoms with van der Waals surface area (Å²) in [5.41, 5.74) is 4.61. The van der Waals surface area contributed by atoms with Gasteiger partial charge in [-0.1, -0.05) is 23.7 Å². The molecule has 5 nitrogen and oxygen atoms in total. The number of H-pyrrole nitrogens is 1. The van der Waals surface area contributed by atoms with E-state index >= 15 is 0 Å². The number of benzene rings is 3. The van der Waals surface area contributed by atoms with Crippen molar-refractivity contribution in [3.8, 4) is 5.75 Å². The lowest BCUT2D eigenvalue weighted by Crippen LogP contribution is -2.43. The lowest BCUT2D eigenvalue weighted by atomic mass is 9.92. The molecule has 0 fully saturated rings. The van der Waals surface area contributed by atoms with Crippen LogP contribution in [-0.2, 0) is 6.42 Å². The van der Waals surface area contributed by atoms with E-state index in [1.54, 1.807) is 24.1 Å². The fourth-order valence-corrected chi connectivity index (χ4v) is 4.51. The summed E-state index contributed by atoms with van der Waals surface area (Å²) < 4.78 is 18.6. The third kappa shape index (κ3) is 3.67. The molecule has 1 aromatic heterocycles. The predicted octanol–water partition coefficient (Wildman–Crippen LogP) is 6.15. The second kappa shape index (κ2) is 8.20. The van der Waals surface area contributed by atoms with Gasteiger partial charge < -0.3 is 19.9 Å². The molecule has 32 heavy (non-hydrogen) atoms. The number of nitrogens with zero attached hydrogens (tertiary/aromatic N) is 1. The van der Waals surface area contributed by atoms with Crippen molar-refractivity contribution in [3.05, 3.63) is 94.4 Å². The average molecular weight is 450 g/mol. The molecule has 0 saturated heterocycles. The Balaban J connectivity index is 1.57. The van der Waals surface area contributed by atoms with Crippen LogP contribution in [0.2, 0.25) is 5.02 Å². The Bertz CT molecular complexity index is 1290. The molecule has 0 unspecified atom stereocenters. The number of nitrogens with one attached hydrogen (secondary N) is 2. The van der Waals surface area contributed by atoms with E-state index in [9.17, 15) is 9.18 Å². The summed E-state index contributed by atoms with van der Waals surface area (Å²) >= 11 is 6.26. The lowest BCUT2D eigenvalue weighted by molar-refractivity contribution is 0.193. The Morgan fingerprint density at radius 3 is 2.59 bits per heavy atom. The average Bonchev–Trinajstić information content (AvgIpc) is 3.18. The molecule has 1 atom stereocenters. The van der Waals surface area contributed by atoms with Crippen molar-refractivity contribution in [1.82, 2.24) is 9.88 Å². The highest BCUT2D eigenvalue weighted by atomic mass is 35.5. The number of aromatic amines is 1. The van der Waals surface area contributed by atoms with Gasteiger partial charge in [-0.15, -0.1) is 0 Å². The van der Waals surface area contributed by atoms with E-state index in [1.165, 1.54) is 12.1 Å². The fourth-order valence-electron chi connectivity index (χ4n) is 4.34. The van der Waals surface area contributed by atoms with Crippen molar-refractivity contribution in [2.24, 2.45) is 0 Å². The molecular weight excluding hydrogens is 429 g/mol. The van der Waals surface area contributed by atoms with E-state index in [-0.39, 0.29) is 17.9 Å². The minimum atomic E-state index is -0.349. The molecule has 5 rings (SSSR count). The summed E-state index contributed by atoms with van der Waals surface area (Å²) in [6.07, 6.45) is 0.694. The molecule has 1 aliphatic rings. The molecular formula is C25H21ClFN3O2. The van der Waals surface area contributed by atoms with Gasteiger partial charge >= 0.3 is 6.03 Å². The van der Waals surface area contributed by atoms with Gasteiger partial charge in [0, 0.05) is 33.9 Å². The standard InChI is InChI=1S/C25H21ClFN3O2/c1-32-19-9-2-15(3-10-19)24-23-20(21-14-16(26)4-11-22(21)29-23)12-13-30(24)25(31)28-18-7-5-17(27)6-8-18/h2-11,14,24,29H,12-13H2,1H3,(H,28,31)/t24-/m0/s1. The number of ether oxygens (including phenoxy) is 1. The Kier molecular flexibility index (Phi) is 5.23. The molecule has 0 bridgehead atoms. The molecule has 0 radical (unpaired) electrons. The van der Waals surface area contributed by atoms with Gasteiger partial charge in [0.1, 0.15) is 11.6 Å². The number of methoxy groups -OCH3 is 1. The number of amides is 2. The number of anilines is 1. The summed E-state index contributed by atoms with van der Waals surface area (Å²) in [6, 6.07) is 18.7. The number of hydrogen-bond acceptors (Lipinski definition) is 2. The molecule has 4 aromatic rings. The van der Waals surface area contributed by atoms with Crippen LogP contribution in [0.25, 0.3) is 10.9 Å². The highest BCUT2D eigenvalue weighted by Gasteiger charge is 2.34. The first kappa shape index (κ1) is 20.4. The van der Waals surface area contributed by atoms with Gasteiger partial charge in [0.2, 0.25) is 0 Å². The number of halogens is 2. The van der Waals surface area contributed by atoms with Gasteiger partial charge in [-0.3, -0.25) is 0 Å². The topological polar surface area (TPSA) is 57.4 Å².